The molecule has 10 nitrogen and oxygen atoms in total. The fourth-order valence-corrected chi connectivity index (χ4v) is 7.56. The van der Waals surface area contributed by atoms with E-state index in [1.165, 1.54) is 12.1 Å². The summed E-state index contributed by atoms with van der Waals surface area (Å²) in [5.74, 6) is 0.940. The van der Waals surface area contributed by atoms with Crippen molar-refractivity contribution < 1.29 is 17.9 Å². The van der Waals surface area contributed by atoms with Crippen LogP contribution in [0.25, 0.3) is 11.3 Å². The monoisotopic (exact) mass is 654 g/mol. The average Bonchev–Trinajstić information content (AvgIpc) is 3.47. The molecule has 4 aromatic rings. The molecule has 1 N–H and O–H groups in total. The lowest BCUT2D eigenvalue weighted by atomic mass is 10.00. The molecule has 1 amide bonds. The van der Waals surface area contributed by atoms with Crippen molar-refractivity contribution in [2.75, 3.05) is 22.8 Å². The number of fused-ring (bicyclic) bond motifs is 4. The summed E-state index contributed by atoms with van der Waals surface area (Å²) in [4.78, 5) is 32.5. The summed E-state index contributed by atoms with van der Waals surface area (Å²) in [6, 6.07) is 19.7. The smallest absolute Gasteiger partial charge is 0.264 e. The first-order chi connectivity index (χ1) is 22.5. The second-order valence-electron chi connectivity index (χ2n) is 13.0. The van der Waals surface area contributed by atoms with Crippen LogP contribution >= 0.6 is 0 Å². The van der Waals surface area contributed by atoms with E-state index < -0.39 is 10.0 Å². The molecule has 0 saturated carbocycles. The molecular formula is C36H42N6O4S. The van der Waals surface area contributed by atoms with Gasteiger partial charge in [-0.15, -0.1) is 0 Å². The zero-order chi connectivity index (χ0) is 33.3. The minimum Gasteiger partial charge on any atom is -0.475 e. The van der Waals surface area contributed by atoms with Gasteiger partial charge in [0.05, 0.1) is 28.9 Å². The number of pyridine rings is 1. The van der Waals surface area contributed by atoms with E-state index in [0.29, 0.717) is 18.2 Å². The molecule has 4 bridgehead atoms. The fourth-order valence-electron chi connectivity index (χ4n) is 6.57. The normalized spacial score (nSPS) is 19.4. The van der Waals surface area contributed by atoms with Crippen molar-refractivity contribution in [3.8, 4) is 17.1 Å². The number of nitrogens with zero attached hydrogens (tertiary/aromatic N) is 5. The van der Waals surface area contributed by atoms with Gasteiger partial charge in [-0.25, -0.2) is 23.1 Å². The first kappa shape index (κ1) is 32.4. The van der Waals surface area contributed by atoms with E-state index in [4.69, 9.17) is 9.72 Å². The summed E-state index contributed by atoms with van der Waals surface area (Å²) in [6.45, 7) is 11.7. The van der Waals surface area contributed by atoms with Crippen molar-refractivity contribution in [1.82, 2.24) is 19.9 Å². The number of sulfonamides is 1. The molecule has 0 unspecified atom stereocenters. The van der Waals surface area contributed by atoms with Crippen molar-refractivity contribution in [3.05, 3.63) is 89.1 Å². The third-order valence-electron chi connectivity index (χ3n) is 8.90. The number of anilines is 2. The van der Waals surface area contributed by atoms with Crippen LogP contribution in [0.15, 0.2) is 71.6 Å². The fraction of sp³-hybridized carbons (Fsp3) is 0.389. The molecule has 4 heterocycles. The molecule has 2 aromatic carbocycles. The summed E-state index contributed by atoms with van der Waals surface area (Å²) >= 11 is 0. The minimum absolute atomic E-state index is 0.0605. The molecular weight excluding hydrogens is 613 g/mol. The van der Waals surface area contributed by atoms with Gasteiger partial charge in [0, 0.05) is 29.8 Å². The van der Waals surface area contributed by atoms with Crippen LogP contribution in [0.1, 0.15) is 67.2 Å². The molecule has 47 heavy (non-hydrogen) atoms. The Balaban J connectivity index is 1.45. The Morgan fingerprint density at radius 3 is 2.45 bits per heavy atom. The number of carbonyl (C=O) groups is 1. The lowest BCUT2D eigenvalue weighted by Gasteiger charge is -2.33. The van der Waals surface area contributed by atoms with Gasteiger partial charge in [0.25, 0.3) is 15.9 Å². The maximum absolute atomic E-state index is 14.4. The lowest BCUT2D eigenvalue weighted by Crippen LogP contribution is -2.44. The van der Waals surface area contributed by atoms with Crippen molar-refractivity contribution in [2.45, 2.75) is 77.4 Å². The largest absolute Gasteiger partial charge is 0.475 e. The molecule has 0 spiro atoms. The Morgan fingerprint density at radius 2 is 1.72 bits per heavy atom. The van der Waals surface area contributed by atoms with E-state index in [1.54, 1.807) is 23.1 Å². The Labute approximate surface area is 277 Å². The summed E-state index contributed by atoms with van der Waals surface area (Å²) in [5, 5.41) is 0. The highest BCUT2D eigenvalue weighted by molar-refractivity contribution is 7.92. The maximum Gasteiger partial charge on any atom is 0.264 e. The number of benzene rings is 2. The first-order valence-electron chi connectivity index (χ1n) is 16.2. The molecule has 2 aliphatic heterocycles. The first-order valence-corrected chi connectivity index (χ1v) is 17.7. The number of ether oxygens (including phenoxy) is 1. The van der Waals surface area contributed by atoms with Crippen molar-refractivity contribution in [3.63, 3.8) is 0 Å². The SMILES string of the molecule is Cc1cccc(C)c1-c1cc2nc(n1)NS(=O)(=O)c1cccc(c1)C(=O)N(Cc1cccc(N3CCC[C@H]3C)n1)[C@H](CC(C)C)CO2. The van der Waals surface area contributed by atoms with Crippen LogP contribution in [-0.2, 0) is 16.6 Å². The quantitative estimate of drug-likeness (QED) is 0.254. The zero-order valence-electron chi connectivity index (χ0n) is 27.6. The van der Waals surface area contributed by atoms with E-state index in [-0.39, 0.29) is 53.3 Å². The highest BCUT2D eigenvalue weighted by Crippen LogP contribution is 2.31. The number of rotatable bonds is 6. The Morgan fingerprint density at radius 1 is 0.979 bits per heavy atom. The zero-order valence-corrected chi connectivity index (χ0v) is 28.4. The van der Waals surface area contributed by atoms with Gasteiger partial charge in [0.15, 0.2) is 0 Å². The number of amides is 1. The van der Waals surface area contributed by atoms with E-state index >= 15 is 0 Å². The van der Waals surface area contributed by atoms with Crippen LogP contribution < -0.4 is 14.4 Å². The van der Waals surface area contributed by atoms with Gasteiger partial charge >= 0.3 is 0 Å². The molecule has 0 radical (unpaired) electrons. The predicted molar refractivity (Wildman–Crippen MR) is 183 cm³/mol. The molecule has 11 heteroatoms. The van der Waals surface area contributed by atoms with Crippen LogP contribution in [-0.4, -0.2) is 59.4 Å². The van der Waals surface area contributed by atoms with Crippen LogP contribution in [0.4, 0.5) is 11.8 Å². The van der Waals surface area contributed by atoms with Gasteiger partial charge in [0.1, 0.15) is 12.4 Å². The lowest BCUT2D eigenvalue weighted by molar-refractivity contribution is 0.0549. The van der Waals surface area contributed by atoms with E-state index in [2.05, 4.69) is 40.4 Å². The summed E-state index contributed by atoms with van der Waals surface area (Å²) in [6.07, 6.45) is 2.89. The average molecular weight is 655 g/mol. The van der Waals surface area contributed by atoms with Crippen molar-refractivity contribution in [2.24, 2.45) is 5.92 Å². The van der Waals surface area contributed by atoms with Crippen LogP contribution in [0.2, 0.25) is 0 Å². The van der Waals surface area contributed by atoms with Gasteiger partial charge in [-0.3, -0.25) is 4.79 Å². The Kier molecular flexibility index (Phi) is 9.18. The maximum atomic E-state index is 14.4. The third kappa shape index (κ3) is 7.10. The molecule has 2 aliphatic rings. The van der Waals surface area contributed by atoms with Gasteiger partial charge in [-0.05, 0) is 87.4 Å². The number of aromatic nitrogens is 3. The van der Waals surface area contributed by atoms with Crippen LogP contribution in [0.3, 0.4) is 0 Å². The molecule has 6 rings (SSSR count). The Bertz CT molecular complexity index is 1880. The van der Waals surface area contributed by atoms with E-state index in [1.807, 2.05) is 50.2 Å². The molecule has 2 aromatic heterocycles. The van der Waals surface area contributed by atoms with E-state index in [0.717, 1.165) is 47.6 Å². The van der Waals surface area contributed by atoms with Crippen molar-refractivity contribution in [1.29, 1.82) is 0 Å². The van der Waals surface area contributed by atoms with E-state index in [9.17, 15) is 13.2 Å². The standard InChI is InChI=1S/C36H42N6O4S/c1-23(2)18-29-22-46-33-20-31(34-24(3)10-6-11-25(34)4)38-36(39-33)40-47(44,45)30-15-7-13-27(19-30)35(43)42(29)21-28-14-8-16-32(37-28)41-17-9-12-26(41)5/h6-8,10-11,13-16,19-20,23,26,29H,9,12,17-18,21-22H2,1-5H3,(H,38,39,40)/t26-,29-/m1/s1. The van der Waals surface area contributed by atoms with Gasteiger partial charge in [0.2, 0.25) is 11.8 Å². The molecule has 1 saturated heterocycles. The number of nitrogens with one attached hydrogen (secondary N) is 1. The highest BCUT2D eigenvalue weighted by Gasteiger charge is 2.30. The van der Waals surface area contributed by atoms with Gasteiger partial charge in [-0.1, -0.05) is 44.2 Å². The second kappa shape index (κ2) is 13.3. The highest BCUT2D eigenvalue weighted by atomic mass is 32.2. The Hall–Kier alpha value is -4.51. The number of hydrogen-bond donors (Lipinski definition) is 1. The predicted octanol–water partition coefficient (Wildman–Crippen LogP) is 6.39. The second-order valence-corrected chi connectivity index (χ2v) is 14.7. The third-order valence-corrected chi connectivity index (χ3v) is 10.2. The minimum atomic E-state index is -4.15. The molecule has 1 fully saturated rings. The topological polar surface area (TPSA) is 118 Å². The number of hydrogen-bond acceptors (Lipinski definition) is 8. The van der Waals surface area contributed by atoms with Crippen molar-refractivity contribution >= 4 is 27.7 Å². The molecule has 246 valence electrons. The summed E-state index contributed by atoms with van der Waals surface area (Å²) in [7, 11) is -4.15. The van der Waals surface area contributed by atoms with Gasteiger partial charge in [-0.2, -0.15) is 4.98 Å². The number of carbonyl (C=O) groups excluding carboxylic acids is 1. The summed E-state index contributed by atoms with van der Waals surface area (Å²) in [5.41, 5.74) is 4.40. The molecule has 0 aliphatic carbocycles. The molecule has 2 atom stereocenters. The van der Waals surface area contributed by atoms with Crippen LogP contribution in [0, 0.1) is 19.8 Å². The number of aryl methyl sites for hydroxylation is 2. The summed E-state index contributed by atoms with van der Waals surface area (Å²) < 4.78 is 36.2. The van der Waals surface area contributed by atoms with Gasteiger partial charge < -0.3 is 14.5 Å². The van der Waals surface area contributed by atoms with Crippen LogP contribution in [0.5, 0.6) is 5.88 Å².